The van der Waals surface area contributed by atoms with Gasteiger partial charge in [0.15, 0.2) is 0 Å². The molecule has 0 radical (unpaired) electrons. The lowest BCUT2D eigenvalue weighted by Crippen LogP contribution is -2.42. The first kappa shape index (κ1) is 10.1. The average Bonchev–Trinajstić information content (AvgIpc) is 2.68. The molecule has 1 aliphatic carbocycles. The van der Waals surface area contributed by atoms with Crippen LogP contribution in [-0.2, 0) is 6.54 Å². The van der Waals surface area contributed by atoms with Gasteiger partial charge in [0, 0.05) is 18.0 Å². The van der Waals surface area contributed by atoms with E-state index in [9.17, 15) is 9.90 Å². The maximum absolute atomic E-state index is 11.6. The van der Waals surface area contributed by atoms with Crippen LogP contribution in [0.4, 0.5) is 0 Å². The Morgan fingerprint density at radius 2 is 2.31 bits per heavy atom. The zero-order valence-electron chi connectivity index (χ0n) is 8.35. The van der Waals surface area contributed by atoms with Crippen molar-refractivity contribution in [1.82, 2.24) is 9.55 Å². The number of hydrogen-bond donors (Lipinski definition) is 1. The van der Waals surface area contributed by atoms with Gasteiger partial charge in [0.2, 0.25) is 0 Å². The molecule has 0 fully saturated rings. The minimum Gasteiger partial charge on any atom is -0.511 e. The Morgan fingerprint density at radius 1 is 1.50 bits per heavy atom. The van der Waals surface area contributed by atoms with Crippen molar-refractivity contribution in [3.8, 4) is 0 Å². The van der Waals surface area contributed by atoms with Gasteiger partial charge in [-0.3, -0.25) is 4.57 Å². The van der Waals surface area contributed by atoms with Gasteiger partial charge < -0.3 is 5.11 Å². The molecule has 2 heterocycles. The molecule has 2 aliphatic rings. The minimum absolute atomic E-state index is 0.0364. The number of allylic oxidation sites excluding steroid dienone is 2. The van der Waals surface area contributed by atoms with Gasteiger partial charge in [-0.1, -0.05) is 22.6 Å². The fourth-order valence-corrected chi connectivity index (χ4v) is 3.04. The highest BCUT2D eigenvalue weighted by atomic mass is 127. The minimum atomic E-state index is -0.202. The monoisotopic (exact) mass is 328 g/mol. The fraction of sp³-hybridized carbons (Fsp3) is 0.273. The average molecular weight is 328 g/mol. The molecule has 0 bridgehead atoms. The molecule has 16 heavy (non-hydrogen) atoms. The van der Waals surface area contributed by atoms with E-state index in [2.05, 4.69) is 27.6 Å². The van der Waals surface area contributed by atoms with E-state index in [1.807, 2.05) is 6.08 Å². The summed E-state index contributed by atoms with van der Waals surface area (Å²) in [6.45, 7) is 0.672. The summed E-state index contributed by atoms with van der Waals surface area (Å²) in [6, 6.07) is 0. The van der Waals surface area contributed by atoms with Crippen LogP contribution in [0.15, 0.2) is 22.8 Å². The molecule has 0 spiro atoms. The topological polar surface area (TPSA) is 55.1 Å². The van der Waals surface area contributed by atoms with E-state index in [1.54, 1.807) is 16.8 Å². The second kappa shape index (κ2) is 3.44. The van der Waals surface area contributed by atoms with Crippen molar-refractivity contribution in [1.29, 1.82) is 0 Å². The van der Waals surface area contributed by atoms with E-state index in [1.165, 1.54) is 0 Å². The van der Waals surface area contributed by atoms with E-state index < -0.39 is 0 Å². The molecule has 0 saturated carbocycles. The smallest absolute Gasteiger partial charge is 0.348 e. The summed E-state index contributed by atoms with van der Waals surface area (Å²) in [7, 11) is 0. The first-order valence-electron chi connectivity index (χ1n) is 5.02. The van der Waals surface area contributed by atoms with Crippen molar-refractivity contribution < 1.29 is 5.11 Å². The number of rotatable bonds is 0. The van der Waals surface area contributed by atoms with Gasteiger partial charge in [0.05, 0.1) is 9.27 Å². The molecule has 0 amide bonds. The SMILES string of the molecule is O=c1ncc2c3n1CCC=3C(I)C(O)=CC=2. The summed E-state index contributed by atoms with van der Waals surface area (Å²) in [5.41, 5.74) is 0.921. The van der Waals surface area contributed by atoms with E-state index in [4.69, 9.17) is 0 Å². The number of aliphatic hydroxyl groups excluding tert-OH is 1. The molecular weight excluding hydrogens is 319 g/mol. The zero-order chi connectivity index (χ0) is 11.3. The van der Waals surface area contributed by atoms with E-state index in [0.29, 0.717) is 12.3 Å². The van der Waals surface area contributed by atoms with Crippen molar-refractivity contribution in [2.24, 2.45) is 0 Å². The molecule has 0 saturated heterocycles. The second-order valence-electron chi connectivity index (χ2n) is 3.89. The Labute approximate surface area is 105 Å². The Balaban J connectivity index is 2.52. The van der Waals surface area contributed by atoms with E-state index in [0.717, 1.165) is 22.6 Å². The molecule has 1 unspecified atom stereocenters. The second-order valence-corrected chi connectivity index (χ2v) is 5.14. The molecule has 82 valence electrons. The first-order chi connectivity index (χ1) is 7.68. The number of hydrogen-bond acceptors (Lipinski definition) is 3. The largest absolute Gasteiger partial charge is 0.511 e. The highest BCUT2D eigenvalue weighted by molar-refractivity contribution is 14.1. The number of aliphatic hydroxyl groups is 1. The highest BCUT2D eigenvalue weighted by Crippen LogP contribution is 2.25. The van der Waals surface area contributed by atoms with Crippen LogP contribution in [0.1, 0.15) is 6.42 Å². The number of aromatic nitrogens is 2. The van der Waals surface area contributed by atoms with Gasteiger partial charge in [-0.2, -0.15) is 0 Å². The van der Waals surface area contributed by atoms with Crippen LogP contribution in [0.3, 0.4) is 0 Å². The molecule has 1 aromatic rings. The third-order valence-corrected chi connectivity index (χ3v) is 4.39. The van der Waals surface area contributed by atoms with Crippen molar-refractivity contribution in [3.63, 3.8) is 0 Å². The predicted molar refractivity (Wildman–Crippen MR) is 68.8 cm³/mol. The summed E-state index contributed by atoms with van der Waals surface area (Å²) in [4.78, 5) is 15.4. The number of halogens is 1. The van der Waals surface area contributed by atoms with Crippen molar-refractivity contribution in [2.45, 2.75) is 16.9 Å². The van der Waals surface area contributed by atoms with Gasteiger partial charge in [-0.05, 0) is 24.1 Å². The molecular formula is C11H9IN2O2. The van der Waals surface area contributed by atoms with Gasteiger partial charge in [-0.25, -0.2) is 9.78 Å². The fourth-order valence-electron chi connectivity index (χ4n) is 2.23. The summed E-state index contributed by atoms with van der Waals surface area (Å²) in [6.07, 6.45) is 5.90. The molecule has 1 atom stereocenters. The predicted octanol–water partition coefficient (Wildman–Crippen LogP) is -0.163. The van der Waals surface area contributed by atoms with Crippen molar-refractivity contribution in [2.75, 3.05) is 0 Å². The molecule has 1 N–H and O–H groups in total. The molecule has 1 aliphatic heterocycles. The zero-order valence-corrected chi connectivity index (χ0v) is 10.5. The van der Waals surface area contributed by atoms with E-state index in [-0.39, 0.29) is 9.61 Å². The Hall–Kier alpha value is -1.11. The first-order valence-corrected chi connectivity index (χ1v) is 6.27. The van der Waals surface area contributed by atoms with Crippen LogP contribution in [0.25, 0.3) is 11.6 Å². The third-order valence-electron chi connectivity index (χ3n) is 3.00. The Bertz CT molecular complexity index is 672. The highest BCUT2D eigenvalue weighted by Gasteiger charge is 2.23. The third kappa shape index (κ3) is 1.27. The van der Waals surface area contributed by atoms with Crippen LogP contribution in [-0.4, -0.2) is 18.6 Å². The normalized spacial score (nSPS) is 22.2. The van der Waals surface area contributed by atoms with Gasteiger partial charge in [0.1, 0.15) is 5.76 Å². The Kier molecular flexibility index (Phi) is 2.17. The lowest BCUT2D eigenvalue weighted by molar-refractivity contribution is 0.409. The maximum Gasteiger partial charge on any atom is 0.348 e. The molecule has 3 rings (SSSR count). The quantitative estimate of drug-likeness (QED) is 0.532. The maximum atomic E-state index is 11.6. The standard InChI is InChI=1S/C11H9IN2O2/c12-9-7-3-4-14-10(7)6(1-2-8(9)15)5-13-11(14)16/h1-2,5,9,15H,3-4H2. The molecule has 4 nitrogen and oxygen atoms in total. The summed E-state index contributed by atoms with van der Waals surface area (Å²) in [5.74, 6) is 0.340. The van der Waals surface area contributed by atoms with Crippen molar-refractivity contribution >= 4 is 34.2 Å². The van der Waals surface area contributed by atoms with E-state index >= 15 is 0 Å². The van der Waals surface area contributed by atoms with Crippen LogP contribution < -0.4 is 16.3 Å². The number of alkyl halides is 1. The molecule has 1 aromatic heterocycles. The summed E-state index contributed by atoms with van der Waals surface area (Å²) >= 11 is 2.20. The van der Waals surface area contributed by atoms with Gasteiger partial charge in [-0.15, -0.1) is 0 Å². The van der Waals surface area contributed by atoms with Gasteiger partial charge in [0.25, 0.3) is 0 Å². The molecule has 0 aromatic carbocycles. The number of nitrogens with zero attached hydrogens (tertiary/aromatic N) is 2. The Morgan fingerprint density at radius 3 is 3.12 bits per heavy atom. The van der Waals surface area contributed by atoms with Crippen LogP contribution >= 0.6 is 22.6 Å². The van der Waals surface area contributed by atoms with Crippen LogP contribution in [0, 0.1) is 0 Å². The summed E-state index contributed by atoms with van der Waals surface area (Å²) < 4.78 is 1.66. The van der Waals surface area contributed by atoms with Gasteiger partial charge >= 0.3 is 5.69 Å². The van der Waals surface area contributed by atoms with Crippen molar-refractivity contribution in [3.05, 3.63) is 39.1 Å². The lowest BCUT2D eigenvalue weighted by atomic mass is 10.1. The lowest BCUT2D eigenvalue weighted by Gasteiger charge is -2.07. The van der Waals surface area contributed by atoms with Crippen LogP contribution in [0.5, 0.6) is 0 Å². The molecule has 5 heteroatoms. The summed E-state index contributed by atoms with van der Waals surface area (Å²) in [5, 5.41) is 11.7. The van der Waals surface area contributed by atoms with Crippen LogP contribution in [0.2, 0.25) is 0 Å².